The van der Waals surface area contributed by atoms with Gasteiger partial charge in [0.15, 0.2) is 15.6 Å². The summed E-state index contributed by atoms with van der Waals surface area (Å²) < 4.78 is 30.4. The van der Waals surface area contributed by atoms with Crippen molar-refractivity contribution in [1.82, 2.24) is 10.2 Å². The van der Waals surface area contributed by atoms with Crippen LogP contribution in [0.25, 0.3) is 0 Å². The molecule has 3 rings (SSSR count). The lowest BCUT2D eigenvalue weighted by atomic mass is 10.0. The summed E-state index contributed by atoms with van der Waals surface area (Å²) >= 11 is 0. The van der Waals surface area contributed by atoms with E-state index in [1.54, 1.807) is 23.1 Å². The molecule has 7 nitrogen and oxygen atoms in total. The van der Waals surface area contributed by atoms with Crippen molar-refractivity contribution < 1.29 is 22.4 Å². The van der Waals surface area contributed by atoms with E-state index in [0.29, 0.717) is 31.5 Å². The molecule has 2 heterocycles. The highest BCUT2D eigenvalue weighted by atomic mass is 32.2. The minimum Gasteiger partial charge on any atom is -0.459 e. The van der Waals surface area contributed by atoms with Crippen molar-refractivity contribution in [3.8, 4) is 0 Å². The average molecular weight is 390 g/mol. The predicted molar refractivity (Wildman–Crippen MR) is 98.8 cm³/mol. The standard InChI is InChI=1S/C19H22N2O5S/c1-14(22)21-10-7-16(8-11-21)20-19(23)18-15(9-12-26-18)13-27(24,25)17-5-3-2-4-6-17/h2-6,9,12,16H,7-8,10-11,13H2,1H3,(H,20,23). The maximum Gasteiger partial charge on any atom is 0.287 e. The Morgan fingerprint density at radius 3 is 2.44 bits per heavy atom. The van der Waals surface area contributed by atoms with Crippen LogP contribution in [0.5, 0.6) is 0 Å². The van der Waals surface area contributed by atoms with Crippen LogP contribution in [0.4, 0.5) is 0 Å². The molecule has 1 N–H and O–H groups in total. The lowest BCUT2D eigenvalue weighted by Gasteiger charge is -2.31. The van der Waals surface area contributed by atoms with E-state index < -0.39 is 15.7 Å². The second-order valence-electron chi connectivity index (χ2n) is 6.60. The Morgan fingerprint density at radius 1 is 1.15 bits per heavy atom. The Kier molecular flexibility index (Phi) is 5.65. The van der Waals surface area contributed by atoms with E-state index in [-0.39, 0.29) is 28.4 Å². The number of piperidine rings is 1. The zero-order valence-electron chi connectivity index (χ0n) is 15.1. The molecular formula is C19H22N2O5S. The van der Waals surface area contributed by atoms with Gasteiger partial charge in [0.05, 0.1) is 16.9 Å². The van der Waals surface area contributed by atoms with E-state index in [4.69, 9.17) is 4.42 Å². The van der Waals surface area contributed by atoms with Gasteiger partial charge in [-0.1, -0.05) is 18.2 Å². The van der Waals surface area contributed by atoms with Crippen molar-refractivity contribution in [2.24, 2.45) is 0 Å². The molecule has 1 aromatic heterocycles. The monoisotopic (exact) mass is 390 g/mol. The number of furan rings is 1. The molecule has 0 atom stereocenters. The Balaban J connectivity index is 1.66. The predicted octanol–water partition coefficient (Wildman–Crippen LogP) is 1.99. The van der Waals surface area contributed by atoms with Gasteiger partial charge < -0.3 is 14.6 Å². The molecule has 144 valence electrons. The van der Waals surface area contributed by atoms with E-state index >= 15 is 0 Å². The molecule has 2 aromatic rings. The topological polar surface area (TPSA) is 96.7 Å². The Hall–Kier alpha value is -2.61. The fourth-order valence-corrected chi connectivity index (χ4v) is 4.53. The summed E-state index contributed by atoms with van der Waals surface area (Å²) in [6.07, 6.45) is 2.64. The van der Waals surface area contributed by atoms with E-state index in [1.165, 1.54) is 31.4 Å². The number of hydrogen-bond acceptors (Lipinski definition) is 5. The van der Waals surface area contributed by atoms with Crippen LogP contribution >= 0.6 is 0 Å². The number of benzene rings is 1. The molecule has 0 aliphatic carbocycles. The zero-order chi connectivity index (χ0) is 19.4. The Morgan fingerprint density at radius 2 is 1.81 bits per heavy atom. The molecular weight excluding hydrogens is 368 g/mol. The summed E-state index contributed by atoms with van der Waals surface area (Å²) in [5.74, 6) is -0.693. The van der Waals surface area contributed by atoms with E-state index in [1.807, 2.05) is 0 Å². The lowest BCUT2D eigenvalue weighted by molar-refractivity contribution is -0.129. The van der Waals surface area contributed by atoms with Crippen LogP contribution in [-0.2, 0) is 20.4 Å². The first kappa shape index (κ1) is 19.2. The fourth-order valence-electron chi connectivity index (χ4n) is 3.15. The quantitative estimate of drug-likeness (QED) is 0.842. The van der Waals surface area contributed by atoms with Gasteiger partial charge in [-0.15, -0.1) is 0 Å². The van der Waals surface area contributed by atoms with Crippen LogP contribution in [0, 0.1) is 0 Å². The third kappa shape index (κ3) is 4.57. The van der Waals surface area contributed by atoms with Gasteiger partial charge in [0.1, 0.15) is 0 Å². The number of nitrogens with one attached hydrogen (secondary N) is 1. The van der Waals surface area contributed by atoms with Crippen molar-refractivity contribution >= 4 is 21.7 Å². The van der Waals surface area contributed by atoms with Crippen LogP contribution in [0.1, 0.15) is 35.9 Å². The number of nitrogens with zero attached hydrogens (tertiary/aromatic N) is 1. The molecule has 1 aromatic carbocycles. The maximum absolute atomic E-state index is 12.6. The van der Waals surface area contributed by atoms with Crippen LogP contribution in [0.3, 0.4) is 0 Å². The number of carbonyl (C=O) groups excluding carboxylic acids is 2. The highest BCUT2D eigenvalue weighted by molar-refractivity contribution is 7.90. The summed E-state index contributed by atoms with van der Waals surface area (Å²) in [6.45, 7) is 2.71. The van der Waals surface area contributed by atoms with Gasteiger partial charge in [-0.3, -0.25) is 9.59 Å². The first-order valence-corrected chi connectivity index (χ1v) is 10.4. The Labute approximate surface area is 158 Å². The number of likely N-dealkylation sites (tertiary alicyclic amines) is 1. The highest BCUT2D eigenvalue weighted by Crippen LogP contribution is 2.20. The summed E-state index contributed by atoms with van der Waals surface area (Å²) in [7, 11) is -3.57. The van der Waals surface area contributed by atoms with Crippen molar-refractivity contribution in [2.75, 3.05) is 13.1 Å². The largest absolute Gasteiger partial charge is 0.459 e. The average Bonchev–Trinajstić information content (AvgIpc) is 3.10. The molecule has 27 heavy (non-hydrogen) atoms. The van der Waals surface area contributed by atoms with Crippen LogP contribution in [-0.4, -0.2) is 44.3 Å². The summed E-state index contributed by atoms with van der Waals surface area (Å²) in [5, 5.41) is 2.88. The van der Waals surface area contributed by atoms with Gasteiger partial charge in [-0.05, 0) is 31.0 Å². The molecule has 0 spiro atoms. The van der Waals surface area contributed by atoms with Gasteiger partial charge in [0, 0.05) is 31.6 Å². The van der Waals surface area contributed by atoms with Gasteiger partial charge in [0.25, 0.3) is 5.91 Å². The fraction of sp³-hybridized carbons (Fsp3) is 0.368. The van der Waals surface area contributed by atoms with Crippen molar-refractivity contribution in [1.29, 1.82) is 0 Å². The third-order valence-electron chi connectivity index (χ3n) is 4.68. The van der Waals surface area contributed by atoms with Gasteiger partial charge >= 0.3 is 0 Å². The molecule has 2 amide bonds. The molecule has 1 fully saturated rings. The highest BCUT2D eigenvalue weighted by Gasteiger charge is 2.26. The van der Waals surface area contributed by atoms with Crippen molar-refractivity contribution in [2.45, 2.75) is 36.5 Å². The summed E-state index contributed by atoms with van der Waals surface area (Å²) in [5.41, 5.74) is 0.331. The molecule has 0 bridgehead atoms. The molecule has 0 saturated carbocycles. The maximum atomic E-state index is 12.6. The number of amides is 2. The van der Waals surface area contributed by atoms with Crippen LogP contribution < -0.4 is 5.32 Å². The molecule has 1 aliphatic heterocycles. The molecule has 8 heteroatoms. The second-order valence-corrected chi connectivity index (χ2v) is 8.59. The van der Waals surface area contributed by atoms with E-state index in [9.17, 15) is 18.0 Å². The first-order chi connectivity index (χ1) is 12.9. The zero-order valence-corrected chi connectivity index (χ0v) is 15.9. The van der Waals surface area contributed by atoms with Gasteiger partial charge in [-0.25, -0.2) is 8.42 Å². The number of hydrogen-bond donors (Lipinski definition) is 1. The Bertz CT molecular complexity index is 913. The van der Waals surface area contributed by atoms with E-state index in [2.05, 4.69) is 5.32 Å². The molecule has 0 radical (unpaired) electrons. The smallest absolute Gasteiger partial charge is 0.287 e. The third-order valence-corrected chi connectivity index (χ3v) is 6.36. The summed E-state index contributed by atoms with van der Waals surface area (Å²) in [4.78, 5) is 25.9. The summed E-state index contributed by atoms with van der Waals surface area (Å²) in [6, 6.07) is 9.54. The van der Waals surface area contributed by atoms with Gasteiger partial charge in [0.2, 0.25) is 5.91 Å². The minimum absolute atomic E-state index is 0.0171. The van der Waals surface area contributed by atoms with Crippen LogP contribution in [0.15, 0.2) is 52.0 Å². The number of rotatable bonds is 5. The molecule has 1 aliphatic rings. The van der Waals surface area contributed by atoms with Crippen molar-refractivity contribution in [3.63, 3.8) is 0 Å². The van der Waals surface area contributed by atoms with Crippen LogP contribution in [0.2, 0.25) is 0 Å². The van der Waals surface area contributed by atoms with E-state index in [0.717, 1.165) is 0 Å². The second kappa shape index (κ2) is 7.96. The lowest BCUT2D eigenvalue weighted by Crippen LogP contribution is -2.46. The minimum atomic E-state index is -3.57. The van der Waals surface area contributed by atoms with Gasteiger partial charge in [-0.2, -0.15) is 0 Å². The SMILES string of the molecule is CC(=O)N1CCC(NC(=O)c2occc2CS(=O)(=O)c2ccccc2)CC1. The molecule has 1 saturated heterocycles. The number of carbonyl (C=O) groups is 2. The number of sulfone groups is 1. The normalized spacial score (nSPS) is 15.5. The van der Waals surface area contributed by atoms with Crippen molar-refractivity contribution in [3.05, 3.63) is 54.0 Å². The first-order valence-electron chi connectivity index (χ1n) is 8.77. The molecule has 0 unspecified atom stereocenters.